The lowest BCUT2D eigenvalue weighted by molar-refractivity contribution is -0.111. The molecule has 2 nitrogen and oxygen atoms in total. The summed E-state index contributed by atoms with van der Waals surface area (Å²) in [6, 6.07) is 9.47. The number of hydrogen-bond acceptors (Lipinski definition) is 2. The smallest absolute Gasteiger partial charge is 0.126 e. The first-order valence-electron chi connectivity index (χ1n) is 4.61. The second kappa shape index (κ2) is 5.97. The molecule has 1 unspecified atom stereocenters. The minimum Gasteiger partial charge on any atom is -0.493 e. The summed E-state index contributed by atoms with van der Waals surface area (Å²) in [7, 11) is 0. The van der Waals surface area contributed by atoms with E-state index >= 15 is 0 Å². The summed E-state index contributed by atoms with van der Waals surface area (Å²) < 4.78 is 5.43. The van der Waals surface area contributed by atoms with Crippen LogP contribution in [0, 0.1) is 5.92 Å². The molecular formula is C12H14O2. The van der Waals surface area contributed by atoms with E-state index in [1.165, 1.54) is 0 Å². The van der Waals surface area contributed by atoms with Gasteiger partial charge in [-0.1, -0.05) is 24.3 Å². The van der Waals surface area contributed by atoms with Crippen LogP contribution in [0.1, 0.15) is 6.42 Å². The molecule has 0 N–H and O–H groups in total. The third kappa shape index (κ3) is 3.44. The van der Waals surface area contributed by atoms with Gasteiger partial charge in [-0.3, -0.25) is 0 Å². The first-order chi connectivity index (χ1) is 6.86. The summed E-state index contributed by atoms with van der Waals surface area (Å²) in [5, 5.41) is 0. The maximum absolute atomic E-state index is 10.6. The Morgan fingerprint density at radius 2 is 2.07 bits per heavy atom. The number of ether oxygens (including phenoxy) is 1. The van der Waals surface area contributed by atoms with Crippen LogP contribution in [0.25, 0.3) is 0 Å². The van der Waals surface area contributed by atoms with Gasteiger partial charge in [0.15, 0.2) is 0 Å². The molecule has 1 aromatic rings. The van der Waals surface area contributed by atoms with Crippen molar-refractivity contribution in [3.8, 4) is 5.75 Å². The molecule has 0 heterocycles. The van der Waals surface area contributed by atoms with Gasteiger partial charge in [0.2, 0.25) is 0 Å². The van der Waals surface area contributed by atoms with Gasteiger partial charge in [0.05, 0.1) is 12.5 Å². The third-order valence-corrected chi connectivity index (χ3v) is 1.87. The van der Waals surface area contributed by atoms with Crippen LogP contribution < -0.4 is 4.74 Å². The quantitative estimate of drug-likeness (QED) is 0.508. The Balaban J connectivity index is 2.39. The topological polar surface area (TPSA) is 26.3 Å². The van der Waals surface area contributed by atoms with Gasteiger partial charge in [-0.05, 0) is 18.6 Å². The predicted molar refractivity (Wildman–Crippen MR) is 56.3 cm³/mol. The molecule has 14 heavy (non-hydrogen) atoms. The van der Waals surface area contributed by atoms with E-state index in [2.05, 4.69) is 6.58 Å². The van der Waals surface area contributed by atoms with Gasteiger partial charge in [-0.2, -0.15) is 0 Å². The van der Waals surface area contributed by atoms with Crippen LogP contribution in [0.15, 0.2) is 43.0 Å². The van der Waals surface area contributed by atoms with Gasteiger partial charge in [0.1, 0.15) is 12.0 Å². The molecule has 0 aliphatic heterocycles. The number of benzene rings is 1. The van der Waals surface area contributed by atoms with E-state index in [-0.39, 0.29) is 5.92 Å². The Morgan fingerprint density at radius 1 is 1.36 bits per heavy atom. The molecule has 74 valence electrons. The molecule has 0 saturated carbocycles. The summed E-state index contributed by atoms with van der Waals surface area (Å²) in [6.45, 7) is 4.01. The van der Waals surface area contributed by atoms with Crippen LogP contribution in [0.5, 0.6) is 5.75 Å². The Bertz CT molecular complexity index is 280. The minimum absolute atomic E-state index is 0.0901. The van der Waals surface area contributed by atoms with Crippen molar-refractivity contribution in [3.63, 3.8) is 0 Å². The molecular weight excluding hydrogens is 176 g/mol. The van der Waals surface area contributed by atoms with Gasteiger partial charge < -0.3 is 9.53 Å². The van der Waals surface area contributed by atoms with Crippen LogP contribution >= 0.6 is 0 Å². The van der Waals surface area contributed by atoms with E-state index in [1.54, 1.807) is 6.08 Å². The highest BCUT2D eigenvalue weighted by atomic mass is 16.5. The number of hydrogen-bond donors (Lipinski definition) is 0. The molecule has 0 amide bonds. The van der Waals surface area contributed by atoms with E-state index in [9.17, 15) is 4.79 Å². The second-order valence-corrected chi connectivity index (χ2v) is 3.04. The number of carbonyl (C=O) groups is 1. The average molecular weight is 190 g/mol. The van der Waals surface area contributed by atoms with Gasteiger partial charge in [-0.25, -0.2) is 0 Å². The predicted octanol–water partition coefficient (Wildman–Crippen LogP) is 2.46. The fraction of sp³-hybridized carbons (Fsp3) is 0.250. The summed E-state index contributed by atoms with van der Waals surface area (Å²) in [5.41, 5.74) is 0. The van der Waals surface area contributed by atoms with Crippen LogP contribution in [-0.4, -0.2) is 12.9 Å². The molecule has 2 heteroatoms. The van der Waals surface area contributed by atoms with E-state index in [0.717, 1.165) is 12.0 Å². The summed E-state index contributed by atoms with van der Waals surface area (Å²) in [6.07, 6.45) is 3.30. The Labute approximate surface area is 84.2 Å². The van der Waals surface area contributed by atoms with Gasteiger partial charge in [-0.15, -0.1) is 6.58 Å². The first-order valence-corrected chi connectivity index (χ1v) is 4.61. The highest BCUT2D eigenvalue weighted by Gasteiger charge is 2.05. The number of allylic oxidation sites excluding steroid dienone is 1. The van der Waals surface area contributed by atoms with E-state index in [1.807, 2.05) is 30.3 Å². The highest BCUT2D eigenvalue weighted by molar-refractivity contribution is 5.54. The highest BCUT2D eigenvalue weighted by Crippen LogP contribution is 2.10. The lowest BCUT2D eigenvalue weighted by Crippen LogP contribution is -2.12. The molecule has 0 bridgehead atoms. The zero-order valence-electron chi connectivity index (χ0n) is 8.06. The molecule has 0 spiro atoms. The van der Waals surface area contributed by atoms with Crippen molar-refractivity contribution in [1.82, 2.24) is 0 Å². The molecule has 1 atom stereocenters. The maximum Gasteiger partial charge on any atom is 0.126 e. The summed E-state index contributed by atoms with van der Waals surface area (Å²) >= 11 is 0. The van der Waals surface area contributed by atoms with Crippen molar-refractivity contribution >= 4 is 6.29 Å². The van der Waals surface area contributed by atoms with Crippen LogP contribution in [0.4, 0.5) is 0 Å². The summed E-state index contributed by atoms with van der Waals surface area (Å²) in [4.78, 5) is 10.6. The zero-order chi connectivity index (χ0) is 10.2. The first kappa shape index (κ1) is 10.5. The maximum atomic E-state index is 10.6. The zero-order valence-corrected chi connectivity index (χ0v) is 8.06. The summed E-state index contributed by atoms with van der Waals surface area (Å²) in [5.74, 6) is 0.705. The van der Waals surface area contributed by atoms with Gasteiger partial charge >= 0.3 is 0 Å². The van der Waals surface area contributed by atoms with Crippen molar-refractivity contribution in [3.05, 3.63) is 43.0 Å². The number of carbonyl (C=O) groups excluding carboxylic acids is 1. The number of aldehydes is 1. The third-order valence-electron chi connectivity index (χ3n) is 1.87. The second-order valence-electron chi connectivity index (χ2n) is 3.04. The van der Waals surface area contributed by atoms with Crippen molar-refractivity contribution < 1.29 is 9.53 Å². The molecule has 0 aliphatic carbocycles. The number of para-hydroxylation sites is 1. The normalized spacial score (nSPS) is 11.7. The van der Waals surface area contributed by atoms with Crippen molar-refractivity contribution in [2.24, 2.45) is 5.92 Å². The standard InChI is InChI=1S/C12H14O2/c1-2-6-11(9-13)10-14-12-7-4-3-5-8-12/h2-5,7-9,11H,1,6,10H2. The number of rotatable bonds is 6. The van der Waals surface area contributed by atoms with Gasteiger partial charge in [0.25, 0.3) is 0 Å². The Hall–Kier alpha value is -1.57. The van der Waals surface area contributed by atoms with Crippen molar-refractivity contribution in [2.45, 2.75) is 6.42 Å². The molecule has 1 rings (SSSR count). The lowest BCUT2D eigenvalue weighted by atomic mass is 10.1. The van der Waals surface area contributed by atoms with Crippen LogP contribution in [-0.2, 0) is 4.79 Å². The van der Waals surface area contributed by atoms with Crippen LogP contribution in [0.2, 0.25) is 0 Å². The largest absolute Gasteiger partial charge is 0.493 e. The fourth-order valence-electron chi connectivity index (χ4n) is 1.10. The van der Waals surface area contributed by atoms with Crippen molar-refractivity contribution in [2.75, 3.05) is 6.61 Å². The molecule has 0 aliphatic rings. The molecule has 0 radical (unpaired) electrons. The molecule has 1 aromatic carbocycles. The van der Waals surface area contributed by atoms with Crippen LogP contribution in [0.3, 0.4) is 0 Å². The lowest BCUT2D eigenvalue weighted by Gasteiger charge is -2.09. The SMILES string of the molecule is C=CCC(C=O)COc1ccccc1. The fourth-order valence-corrected chi connectivity index (χ4v) is 1.10. The Kier molecular flexibility index (Phi) is 4.48. The molecule has 0 saturated heterocycles. The van der Waals surface area contributed by atoms with E-state index < -0.39 is 0 Å². The Morgan fingerprint density at radius 3 is 2.64 bits per heavy atom. The van der Waals surface area contributed by atoms with Gasteiger partial charge in [0, 0.05) is 0 Å². The van der Waals surface area contributed by atoms with E-state index in [4.69, 9.17) is 4.74 Å². The van der Waals surface area contributed by atoms with Crippen molar-refractivity contribution in [1.29, 1.82) is 0 Å². The average Bonchev–Trinajstić information content (AvgIpc) is 2.25. The van der Waals surface area contributed by atoms with E-state index in [0.29, 0.717) is 13.0 Å². The molecule has 0 aromatic heterocycles. The monoisotopic (exact) mass is 190 g/mol. The minimum atomic E-state index is -0.0901. The molecule has 0 fully saturated rings.